The SMILES string of the molecule is Cc1cccc(CNCCc2nccs2)c1O. The van der Waals surface area contributed by atoms with Gasteiger partial charge in [0, 0.05) is 36.7 Å². The second kappa shape index (κ2) is 5.80. The van der Waals surface area contributed by atoms with Crippen LogP contribution >= 0.6 is 11.3 Å². The Morgan fingerprint density at radius 3 is 3.06 bits per heavy atom. The lowest BCUT2D eigenvalue weighted by molar-refractivity contribution is 0.460. The molecule has 0 unspecified atom stereocenters. The summed E-state index contributed by atoms with van der Waals surface area (Å²) in [5.74, 6) is 0.397. The topological polar surface area (TPSA) is 45.2 Å². The summed E-state index contributed by atoms with van der Waals surface area (Å²) in [5, 5.41) is 16.3. The molecule has 0 radical (unpaired) electrons. The molecule has 90 valence electrons. The van der Waals surface area contributed by atoms with Crippen LogP contribution in [-0.4, -0.2) is 16.6 Å². The van der Waals surface area contributed by atoms with Gasteiger partial charge in [-0.1, -0.05) is 18.2 Å². The highest BCUT2D eigenvalue weighted by Gasteiger charge is 2.02. The van der Waals surface area contributed by atoms with Crippen LogP contribution in [0.2, 0.25) is 0 Å². The van der Waals surface area contributed by atoms with E-state index >= 15 is 0 Å². The Morgan fingerprint density at radius 2 is 2.29 bits per heavy atom. The molecule has 1 heterocycles. The summed E-state index contributed by atoms with van der Waals surface area (Å²) in [4.78, 5) is 4.22. The van der Waals surface area contributed by atoms with Gasteiger partial charge < -0.3 is 10.4 Å². The maximum absolute atomic E-state index is 9.83. The minimum atomic E-state index is 0.397. The number of phenols is 1. The number of nitrogens with one attached hydrogen (secondary N) is 1. The van der Waals surface area contributed by atoms with Crippen molar-refractivity contribution in [2.75, 3.05) is 6.54 Å². The van der Waals surface area contributed by atoms with Gasteiger partial charge in [0.1, 0.15) is 5.75 Å². The third-order valence-electron chi connectivity index (χ3n) is 2.64. The van der Waals surface area contributed by atoms with E-state index in [2.05, 4.69) is 10.3 Å². The van der Waals surface area contributed by atoms with Gasteiger partial charge in [0.05, 0.1) is 5.01 Å². The number of nitrogens with zero attached hydrogens (tertiary/aromatic N) is 1. The van der Waals surface area contributed by atoms with Crippen molar-refractivity contribution in [1.82, 2.24) is 10.3 Å². The maximum Gasteiger partial charge on any atom is 0.122 e. The number of phenolic OH excluding ortho intramolecular Hbond substituents is 1. The minimum absolute atomic E-state index is 0.397. The molecule has 2 aromatic rings. The molecule has 0 spiro atoms. The average molecular weight is 248 g/mol. The maximum atomic E-state index is 9.83. The average Bonchev–Trinajstić information content (AvgIpc) is 2.83. The Kier molecular flexibility index (Phi) is 4.12. The molecule has 3 nitrogen and oxygen atoms in total. The molecular formula is C13H16N2OS. The Bertz CT molecular complexity index is 468. The standard InChI is InChI=1S/C13H16N2OS/c1-10-3-2-4-11(13(10)16)9-14-6-5-12-15-7-8-17-12/h2-4,7-8,14,16H,5-6,9H2,1H3. The molecule has 0 aliphatic carbocycles. The number of hydrogen-bond acceptors (Lipinski definition) is 4. The summed E-state index contributed by atoms with van der Waals surface area (Å²) in [6, 6.07) is 5.82. The fourth-order valence-corrected chi connectivity index (χ4v) is 2.28. The number of aromatic hydroxyl groups is 1. The van der Waals surface area contributed by atoms with Crippen LogP contribution in [0.3, 0.4) is 0 Å². The summed E-state index contributed by atoms with van der Waals surface area (Å²) >= 11 is 1.67. The van der Waals surface area contributed by atoms with Crippen LogP contribution in [0.5, 0.6) is 5.75 Å². The monoisotopic (exact) mass is 248 g/mol. The molecular weight excluding hydrogens is 232 g/mol. The van der Waals surface area contributed by atoms with E-state index in [1.54, 1.807) is 11.3 Å². The van der Waals surface area contributed by atoms with E-state index < -0.39 is 0 Å². The molecule has 0 atom stereocenters. The molecule has 2 N–H and O–H groups in total. The molecule has 4 heteroatoms. The zero-order valence-electron chi connectivity index (χ0n) is 9.81. The highest BCUT2D eigenvalue weighted by atomic mass is 32.1. The Morgan fingerprint density at radius 1 is 1.41 bits per heavy atom. The van der Waals surface area contributed by atoms with Gasteiger partial charge in [-0.25, -0.2) is 4.98 Å². The van der Waals surface area contributed by atoms with E-state index in [0.717, 1.165) is 29.1 Å². The third kappa shape index (κ3) is 3.28. The second-order valence-electron chi connectivity index (χ2n) is 3.94. The molecule has 0 bridgehead atoms. The van der Waals surface area contributed by atoms with Crippen LogP contribution in [-0.2, 0) is 13.0 Å². The summed E-state index contributed by atoms with van der Waals surface area (Å²) < 4.78 is 0. The first-order valence-electron chi connectivity index (χ1n) is 5.64. The number of rotatable bonds is 5. The van der Waals surface area contributed by atoms with Crippen LogP contribution in [0.15, 0.2) is 29.8 Å². The van der Waals surface area contributed by atoms with E-state index in [1.807, 2.05) is 36.7 Å². The highest BCUT2D eigenvalue weighted by molar-refractivity contribution is 7.09. The van der Waals surface area contributed by atoms with E-state index in [9.17, 15) is 5.11 Å². The molecule has 1 aromatic heterocycles. The molecule has 1 aromatic carbocycles. The molecule has 0 amide bonds. The van der Waals surface area contributed by atoms with Gasteiger partial charge in [-0.3, -0.25) is 0 Å². The molecule has 0 saturated heterocycles. The number of para-hydroxylation sites is 1. The van der Waals surface area contributed by atoms with Gasteiger partial charge in [-0.15, -0.1) is 11.3 Å². The quantitative estimate of drug-likeness (QED) is 0.799. The lowest BCUT2D eigenvalue weighted by atomic mass is 10.1. The molecule has 0 saturated carbocycles. The molecule has 2 rings (SSSR count). The zero-order chi connectivity index (χ0) is 12.1. The smallest absolute Gasteiger partial charge is 0.122 e. The molecule has 0 aliphatic rings. The van der Waals surface area contributed by atoms with Crippen molar-refractivity contribution < 1.29 is 5.11 Å². The lowest BCUT2D eigenvalue weighted by Crippen LogP contribution is -2.16. The highest BCUT2D eigenvalue weighted by Crippen LogP contribution is 2.20. The predicted molar refractivity (Wildman–Crippen MR) is 70.4 cm³/mol. The predicted octanol–water partition coefficient (Wildman–Crippen LogP) is 2.49. The van der Waals surface area contributed by atoms with Crippen molar-refractivity contribution in [3.8, 4) is 5.75 Å². The number of aromatic nitrogens is 1. The van der Waals surface area contributed by atoms with Crippen molar-refractivity contribution in [2.24, 2.45) is 0 Å². The van der Waals surface area contributed by atoms with Crippen molar-refractivity contribution in [1.29, 1.82) is 0 Å². The van der Waals surface area contributed by atoms with Crippen LogP contribution in [0, 0.1) is 6.92 Å². The van der Waals surface area contributed by atoms with Gasteiger partial charge in [-0.05, 0) is 12.5 Å². The number of hydrogen-bond donors (Lipinski definition) is 2. The van der Waals surface area contributed by atoms with Crippen molar-refractivity contribution in [2.45, 2.75) is 19.9 Å². The van der Waals surface area contributed by atoms with Crippen molar-refractivity contribution in [3.05, 3.63) is 45.9 Å². The van der Waals surface area contributed by atoms with Gasteiger partial charge >= 0.3 is 0 Å². The largest absolute Gasteiger partial charge is 0.507 e. The molecule has 0 fully saturated rings. The first-order valence-corrected chi connectivity index (χ1v) is 6.52. The van der Waals surface area contributed by atoms with E-state index in [0.29, 0.717) is 12.3 Å². The van der Waals surface area contributed by atoms with Crippen LogP contribution in [0.1, 0.15) is 16.1 Å². The summed E-state index contributed by atoms with van der Waals surface area (Å²) in [6.07, 6.45) is 2.76. The van der Waals surface area contributed by atoms with Crippen LogP contribution < -0.4 is 5.32 Å². The van der Waals surface area contributed by atoms with E-state index in [4.69, 9.17) is 0 Å². The summed E-state index contributed by atoms with van der Waals surface area (Å²) in [5.41, 5.74) is 1.87. The summed E-state index contributed by atoms with van der Waals surface area (Å²) in [7, 11) is 0. The van der Waals surface area contributed by atoms with Gasteiger partial charge in [0.2, 0.25) is 0 Å². The fraction of sp³-hybridized carbons (Fsp3) is 0.308. The number of aryl methyl sites for hydroxylation is 1. The third-order valence-corrected chi connectivity index (χ3v) is 3.48. The summed E-state index contributed by atoms with van der Waals surface area (Å²) in [6.45, 7) is 3.48. The number of thiazole rings is 1. The van der Waals surface area contributed by atoms with Crippen LogP contribution in [0.4, 0.5) is 0 Å². The van der Waals surface area contributed by atoms with Crippen molar-refractivity contribution in [3.63, 3.8) is 0 Å². The second-order valence-corrected chi connectivity index (χ2v) is 4.91. The Hall–Kier alpha value is -1.39. The number of benzene rings is 1. The van der Waals surface area contributed by atoms with E-state index in [-0.39, 0.29) is 0 Å². The van der Waals surface area contributed by atoms with Gasteiger partial charge in [0.15, 0.2) is 0 Å². The fourth-order valence-electron chi connectivity index (χ4n) is 1.66. The first-order chi connectivity index (χ1) is 8.27. The Labute approximate surface area is 105 Å². The van der Waals surface area contributed by atoms with Crippen LogP contribution in [0.25, 0.3) is 0 Å². The normalized spacial score (nSPS) is 10.6. The molecule has 0 aliphatic heterocycles. The van der Waals surface area contributed by atoms with Gasteiger partial charge in [0.25, 0.3) is 0 Å². The molecule has 17 heavy (non-hydrogen) atoms. The van der Waals surface area contributed by atoms with E-state index in [1.165, 1.54) is 0 Å². The first kappa shape index (κ1) is 12.1. The van der Waals surface area contributed by atoms with Gasteiger partial charge in [-0.2, -0.15) is 0 Å². The minimum Gasteiger partial charge on any atom is -0.507 e. The zero-order valence-corrected chi connectivity index (χ0v) is 10.6. The van der Waals surface area contributed by atoms with Crippen molar-refractivity contribution >= 4 is 11.3 Å². The lowest BCUT2D eigenvalue weighted by Gasteiger charge is -2.07. The Balaban J connectivity index is 1.80.